The zero-order valence-corrected chi connectivity index (χ0v) is 19.0. The Kier molecular flexibility index (Phi) is 10.3. The molecule has 0 amide bonds. The van der Waals surface area contributed by atoms with E-state index in [0.717, 1.165) is 32.1 Å². The molecule has 1 saturated carbocycles. The van der Waals surface area contributed by atoms with Crippen LogP contribution in [0.4, 0.5) is 5.69 Å². The number of hydrogen-bond acceptors (Lipinski definition) is 3. The summed E-state index contributed by atoms with van der Waals surface area (Å²) in [6, 6.07) is 10.8. The fourth-order valence-electron chi connectivity index (χ4n) is 3.30. The lowest BCUT2D eigenvalue weighted by Gasteiger charge is -2.42. The van der Waals surface area contributed by atoms with E-state index in [4.69, 9.17) is 4.74 Å². The first kappa shape index (κ1) is 23.0. The third kappa shape index (κ3) is 6.61. The summed E-state index contributed by atoms with van der Waals surface area (Å²) in [4.78, 5) is 6.66. The van der Waals surface area contributed by atoms with E-state index in [-0.39, 0.29) is 24.0 Å². The standard InChI is InChI=1S/C20H34N4O.HI/c1-17(24(3)18-9-6-5-7-10-18)15-22-19(21-2)23-16-20(11-8-12-20)13-14-25-4;/h5-7,9-10,17H,8,11-16H2,1-4H3,(H2,21,22,23);1H. The summed E-state index contributed by atoms with van der Waals surface area (Å²) in [5, 5.41) is 6.98. The smallest absolute Gasteiger partial charge is 0.191 e. The van der Waals surface area contributed by atoms with Crippen molar-refractivity contribution >= 4 is 35.6 Å². The molecule has 1 unspecified atom stereocenters. The highest BCUT2D eigenvalue weighted by Crippen LogP contribution is 2.43. The molecule has 1 aliphatic carbocycles. The van der Waals surface area contributed by atoms with Gasteiger partial charge in [0, 0.05) is 52.6 Å². The van der Waals surface area contributed by atoms with Crippen molar-refractivity contribution in [3.63, 3.8) is 0 Å². The molecular weight excluding hydrogens is 439 g/mol. The Labute approximate surface area is 176 Å². The average molecular weight is 474 g/mol. The van der Waals surface area contributed by atoms with Crippen LogP contribution in [0, 0.1) is 5.41 Å². The molecular formula is C20H35IN4O. The van der Waals surface area contributed by atoms with Crippen LogP contribution in [0.3, 0.4) is 0 Å². The lowest BCUT2D eigenvalue weighted by atomic mass is 9.67. The summed E-state index contributed by atoms with van der Waals surface area (Å²) in [6.07, 6.45) is 5.03. The highest BCUT2D eigenvalue weighted by molar-refractivity contribution is 14.0. The van der Waals surface area contributed by atoms with Gasteiger partial charge in [-0.1, -0.05) is 24.6 Å². The van der Waals surface area contributed by atoms with Gasteiger partial charge in [0.1, 0.15) is 0 Å². The lowest BCUT2D eigenvalue weighted by Crippen LogP contribution is -2.49. The Morgan fingerprint density at radius 2 is 1.96 bits per heavy atom. The van der Waals surface area contributed by atoms with Crippen LogP contribution < -0.4 is 15.5 Å². The number of anilines is 1. The fraction of sp³-hybridized carbons (Fsp3) is 0.650. The first-order valence-corrected chi connectivity index (χ1v) is 9.31. The number of para-hydroxylation sites is 1. The number of hydrogen-bond donors (Lipinski definition) is 2. The van der Waals surface area contributed by atoms with Crippen molar-refractivity contribution in [2.24, 2.45) is 10.4 Å². The maximum Gasteiger partial charge on any atom is 0.191 e. The highest BCUT2D eigenvalue weighted by Gasteiger charge is 2.36. The first-order chi connectivity index (χ1) is 12.1. The van der Waals surface area contributed by atoms with Crippen LogP contribution in [0.1, 0.15) is 32.6 Å². The molecule has 1 aromatic rings. The molecule has 0 heterocycles. The van der Waals surface area contributed by atoms with Crippen LogP contribution >= 0.6 is 24.0 Å². The molecule has 5 nitrogen and oxygen atoms in total. The maximum absolute atomic E-state index is 5.27. The third-order valence-corrected chi connectivity index (χ3v) is 5.49. The molecule has 0 radical (unpaired) electrons. The minimum Gasteiger partial charge on any atom is -0.385 e. The van der Waals surface area contributed by atoms with Crippen LogP contribution in [0.5, 0.6) is 0 Å². The SMILES string of the molecule is CN=C(NCC(C)N(C)c1ccccc1)NCC1(CCOC)CCC1.I. The monoisotopic (exact) mass is 474 g/mol. The summed E-state index contributed by atoms with van der Waals surface area (Å²) in [5.74, 6) is 0.886. The minimum absolute atomic E-state index is 0. The van der Waals surface area contributed by atoms with E-state index in [1.807, 2.05) is 13.1 Å². The van der Waals surface area contributed by atoms with Gasteiger partial charge in [-0.15, -0.1) is 24.0 Å². The van der Waals surface area contributed by atoms with Crippen molar-refractivity contribution in [1.82, 2.24) is 10.6 Å². The molecule has 1 fully saturated rings. The van der Waals surface area contributed by atoms with Crippen molar-refractivity contribution in [3.8, 4) is 0 Å². The van der Waals surface area contributed by atoms with E-state index in [2.05, 4.69) is 58.8 Å². The molecule has 2 N–H and O–H groups in total. The van der Waals surface area contributed by atoms with Gasteiger partial charge in [-0.05, 0) is 43.7 Å². The lowest BCUT2D eigenvalue weighted by molar-refractivity contribution is 0.0732. The van der Waals surface area contributed by atoms with E-state index in [1.165, 1.54) is 24.9 Å². The summed E-state index contributed by atoms with van der Waals surface area (Å²) in [6.45, 7) is 4.88. The minimum atomic E-state index is 0. The molecule has 148 valence electrons. The van der Waals surface area contributed by atoms with E-state index in [1.54, 1.807) is 7.11 Å². The maximum atomic E-state index is 5.27. The van der Waals surface area contributed by atoms with Crippen LogP contribution in [0.2, 0.25) is 0 Å². The molecule has 0 spiro atoms. The van der Waals surface area contributed by atoms with Crippen LogP contribution in [-0.2, 0) is 4.74 Å². The predicted molar refractivity (Wildman–Crippen MR) is 122 cm³/mol. The zero-order chi connectivity index (χ0) is 18.1. The summed E-state index contributed by atoms with van der Waals surface area (Å²) >= 11 is 0. The largest absolute Gasteiger partial charge is 0.385 e. The first-order valence-electron chi connectivity index (χ1n) is 9.31. The van der Waals surface area contributed by atoms with Crippen molar-refractivity contribution in [3.05, 3.63) is 30.3 Å². The van der Waals surface area contributed by atoms with Gasteiger partial charge in [0.05, 0.1) is 0 Å². The van der Waals surface area contributed by atoms with E-state index < -0.39 is 0 Å². The van der Waals surface area contributed by atoms with Gasteiger partial charge < -0.3 is 20.3 Å². The van der Waals surface area contributed by atoms with Crippen LogP contribution in [-0.4, -0.2) is 52.9 Å². The summed E-state index contributed by atoms with van der Waals surface area (Å²) in [5.41, 5.74) is 1.62. The van der Waals surface area contributed by atoms with Crippen molar-refractivity contribution < 1.29 is 4.74 Å². The number of nitrogens with one attached hydrogen (secondary N) is 2. The summed E-state index contributed by atoms with van der Waals surface area (Å²) < 4.78 is 5.27. The second-order valence-corrected chi connectivity index (χ2v) is 7.20. The number of rotatable bonds is 9. The Morgan fingerprint density at radius 1 is 1.27 bits per heavy atom. The molecule has 26 heavy (non-hydrogen) atoms. The Morgan fingerprint density at radius 3 is 2.50 bits per heavy atom. The van der Waals surface area contributed by atoms with Gasteiger partial charge in [0.25, 0.3) is 0 Å². The number of aliphatic imine (C=N–C) groups is 1. The molecule has 0 aliphatic heterocycles. The highest BCUT2D eigenvalue weighted by atomic mass is 127. The van der Waals surface area contributed by atoms with Crippen molar-refractivity contribution in [2.45, 2.75) is 38.6 Å². The molecule has 0 saturated heterocycles. The summed E-state index contributed by atoms with van der Waals surface area (Å²) in [7, 11) is 5.75. The molecule has 0 aromatic heterocycles. The molecule has 1 atom stereocenters. The number of ether oxygens (including phenoxy) is 1. The zero-order valence-electron chi connectivity index (χ0n) is 16.6. The van der Waals surface area contributed by atoms with Crippen LogP contribution in [0.15, 0.2) is 35.3 Å². The number of guanidine groups is 1. The number of likely N-dealkylation sites (N-methyl/N-ethyl adjacent to an activating group) is 1. The number of methoxy groups -OCH3 is 1. The number of halogens is 1. The van der Waals surface area contributed by atoms with Crippen molar-refractivity contribution in [2.75, 3.05) is 45.8 Å². The molecule has 0 bridgehead atoms. The van der Waals surface area contributed by atoms with E-state index in [0.29, 0.717) is 11.5 Å². The third-order valence-electron chi connectivity index (χ3n) is 5.49. The predicted octanol–water partition coefficient (Wildman–Crippen LogP) is 3.50. The van der Waals surface area contributed by atoms with E-state index in [9.17, 15) is 0 Å². The van der Waals surface area contributed by atoms with Gasteiger partial charge in [0.2, 0.25) is 0 Å². The molecule has 6 heteroatoms. The van der Waals surface area contributed by atoms with E-state index >= 15 is 0 Å². The van der Waals surface area contributed by atoms with Gasteiger partial charge >= 0.3 is 0 Å². The van der Waals surface area contributed by atoms with Gasteiger partial charge in [0.15, 0.2) is 5.96 Å². The topological polar surface area (TPSA) is 48.9 Å². The second-order valence-electron chi connectivity index (χ2n) is 7.20. The van der Waals surface area contributed by atoms with Crippen molar-refractivity contribution in [1.29, 1.82) is 0 Å². The quantitative estimate of drug-likeness (QED) is 0.327. The van der Waals surface area contributed by atoms with Gasteiger partial charge in [-0.3, -0.25) is 4.99 Å². The second kappa shape index (κ2) is 11.6. The molecule has 1 aliphatic rings. The molecule has 1 aromatic carbocycles. The fourth-order valence-corrected chi connectivity index (χ4v) is 3.30. The molecule has 2 rings (SSSR count). The van der Waals surface area contributed by atoms with Gasteiger partial charge in [-0.2, -0.15) is 0 Å². The van der Waals surface area contributed by atoms with Crippen LogP contribution in [0.25, 0.3) is 0 Å². The number of benzene rings is 1. The Balaban J connectivity index is 0.00000338. The normalized spacial score (nSPS) is 16.8. The Hall–Kier alpha value is -1.02. The average Bonchev–Trinajstić information content (AvgIpc) is 2.62. The number of nitrogens with zero attached hydrogens (tertiary/aromatic N) is 2. The Bertz CT molecular complexity index is 534. The van der Waals surface area contributed by atoms with Gasteiger partial charge in [-0.25, -0.2) is 0 Å².